The third-order valence-corrected chi connectivity index (χ3v) is 18.4. The van der Waals surface area contributed by atoms with Gasteiger partial charge in [-0.15, -0.1) is 0 Å². The molecule has 0 bridgehead atoms. The van der Waals surface area contributed by atoms with E-state index in [-0.39, 0.29) is 65.9 Å². The molecular weight excluding hydrogens is 1300 g/mol. The molecule has 8 aromatic rings. The summed E-state index contributed by atoms with van der Waals surface area (Å²) in [5, 5.41) is 12.3. The molecule has 1 fully saturated rings. The van der Waals surface area contributed by atoms with Crippen LogP contribution in [0.1, 0.15) is 93.6 Å². The van der Waals surface area contributed by atoms with Crippen LogP contribution in [-0.2, 0) is 73.6 Å². The standard InChI is InChI=1S/C77H78N6O18/c1-44(84)98-71-59(76(90)96-8)38-69(72(99-45(2)85)73(71)100-46(3)86)101-64-26-23-48(33-63(64)81-70(87)27-30-78-77(91)97-43-60-56-18-12-10-16-54(56)55-17-11-13-19-57(55)60)41-83(32-29-49-35-65(92-4)66(93-5)36-52(49)42-83)31-28-47-21-24-53(25-22-47)80-75(89)58-37-67(94-6)68(95-7)39-62(58)82-74(88)51-34-50-15-9-14-20-61(50)79-40-51/h9-26,33-37,39-40,59-60,69,71-73H,27-32,38,41-43H2,1-8H3,(H3-,78,80,81,82,87,88,89,91)/p+1/t59-,69?,71+,72-,73-,83?/m0/s1. The van der Waals surface area contributed by atoms with E-state index in [4.69, 9.17) is 47.4 Å². The highest BCUT2D eigenvalue weighted by molar-refractivity contribution is 6.13. The number of amides is 4. The molecule has 0 radical (unpaired) electrons. The van der Waals surface area contributed by atoms with E-state index >= 15 is 0 Å². The second kappa shape index (κ2) is 31.6. The highest BCUT2D eigenvalue weighted by Gasteiger charge is 2.55. The molecule has 524 valence electrons. The molecule has 0 saturated heterocycles. The number of nitrogens with zero attached hydrogens (tertiary/aromatic N) is 2. The lowest BCUT2D eigenvalue weighted by molar-refractivity contribution is -0.955. The second-order valence-electron chi connectivity index (χ2n) is 25.0. The fourth-order valence-electron chi connectivity index (χ4n) is 13.6. The molecule has 1 aromatic heterocycles. The number of benzene rings is 7. The maximum absolute atomic E-state index is 14.3. The van der Waals surface area contributed by atoms with Crippen molar-refractivity contribution in [1.82, 2.24) is 10.3 Å². The number of pyridine rings is 1. The van der Waals surface area contributed by atoms with Crippen LogP contribution in [0.15, 0.2) is 152 Å². The lowest BCUT2D eigenvalue weighted by atomic mass is 9.80. The zero-order valence-corrected chi connectivity index (χ0v) is 57.2. The van der Waals surface area contributed by atoms with Gasteiger partial charge in [0.1, 0.15) is 37.5 Å². The first-order chi connectivity index (χ1) is 48.8. The molecule has 0 spiro atoms. The number of methoxy groups -OCH3 is 5. The van der Waals surface area contributed by atoms with Crippen LogP contribution in [0.25, 0.3) is 22.0 Å². The van der Waals surface area contributed by atoms with Crippen LogP contribution in [0.3, 0.4) is 0 Å². The minimum Gasteiger partial charge on any atom is -0.493 e. The van der Waals surface area contributed by atoms with E-state index in [0.717, 1.165) is 83.3 Å². The van der Waals surface area contributed by atoms with Gasteiger partial charge in [0.05, 0.1) is 76.7 Å². The van der Waals surface area contributed by atoms with Gasteiger partial charge < -0.3 is 73.1 Å². The molecule has 2 unspecified atom stereocenters. The summed E-state index contributed by atoms with van der Waals surface area (Å²) >= 11 is 0. The van der Waals surface area contributed by atoms with Crippen molar-refractivity contribution in [2.45, 2.75) is 89.9 Å². The Kier molecular flexibility index (Phi) is 22.1. The Bertz CT molecular complexity index is 4420. The summed E-state index contributed by atoms with van der Waals surface area (Å²) in [7, 11) is 7.23. The number of aromatic nitrogens is 1. The van der Waals surface area contributed by atoms with Gasteiger partial charge in [-0.2, -0.15) is 0 Å². The van der Waals surface area contributed by atoms with Gasteiger partial charge in [-0.3, -0.25) is 38.5 Å². The van der Waals surface area contributed by atoms with Crippen LogP contribution < -0.4 is 45.0 Å². The maximum Gasteiger partial charge on any atom is 0.407 e. The average molecular weight is 1380 g/mol. The van der Waals surface area contributed by atoms with E-state index in [1.165, 1.54) is 32.5 Å². The summed E-state index contributed by atoms with van der Waals surface area (Å²) < 4.78 is 58.0. The van der Waals surface area contributed by atoms with Crippen LogP contribution in [-0.4, -0.2) is 143 Å². The molecule has 24 heteroatoms. The molecule has 24 nitrogen and oxygen atoms in total. The van der Waals surface area contributed by atoms with E-state index in [1.54, 1.807) is 44.6 Å². The number of para-hydroxylation sites is 1. The normalized spacial score (nSPS) is 18.0. The molecule has 4 amide bonds. The molecule has 4 N–H and O–H groups in total. The van der Waals surface area contributed by atoms with Gasteiger partial charge >= 0.3 is 30.0 Å². The first kappa shape index (κ1) is 70.8. The predicted molar refractivity (Wildman–Crippen MR) is 372 cm³/mol. The van der Waals surface area contributed by atoms with Gasteiger partial charge in [0.15, 0.2) is 41.3 Å². The molecule has 3 aliphatic rings. The first-order valence-electron chi connectivity index (χ1n) is 33.0. The van der Waals surface area contributed by atoms with Gasteiger partial charge in [0, 0.05) is 93.4 Å². The van der Waals surface area contributed by atoms with Crippen LogP contribution in [0.4, 0.5) is 21.9 Å². The van der Waals surface area contributed by atoms with E-state index < -0.39 is 78.0 Å². The Hall–Kier alpha value is -11.5. The van der Waals surface area contributed by atoms with Gasteiger partial charge in [-0.05, 0) is 94.0 Å². The first-order valence-corrected chi connectivity index (χ1v) is 33.0. The van der Waals surface area contributed by atoms with Crippen molar-refractivity contribution in [3.05, 3.63) is 196 Å². The van der Waals surface area contributed by atoms with E-state index in [9.17, 15) is 38.4 Å². The van der Waals surface area contributed by atoms with Crippen molar-refractivity contribution >= 4 is 75.7 Å². The van der Waals surface area contributed by atoms with Crippen molar-refractivity contribution in [2.24, 2.45) is 5.92 Å². The van der Waals surface area contributed by atoms with Crippen LogP contribution in [0.5, 0.6) is 28.7 Å². The number of ether oxygens (including phenoxy) is 10. The Morgan fingerprint density at radius 1 is 0.574 bits per heavy atom. The minimum absolute atomic E-state index is 0.0614. The summed E-state index contributed by atoms with van der Waals surface area (Å²) in [5.41, 5.74) is 10.00. The summed E-state index contributed by atoms with van der Waals surface area (Å²) in [6.07, 6.45) is -4.28. The van der Waals surface area contributed by atoms with Gasteiger partial charge in [-0.1, -0.05) is 78.9 Å². The fourth-order valence-corrected chi connectivity index (χ4v) is 13.6. The summed E-state index contributed by atoms with van der Waals surface area (Å²) in [6.45, 7) is 5.49. The third-order valence-electron chi connectivity index (χ3n) is 18.4. The van der Waals surface area contributed by atoms with E-state index in [2.05, 4.69) is 26.3 Å². The number of hydrogen-bond donors (Lipinski definition) is 4. The predicted octanol–water partition coefficient (Wildman–Crippen LogP) is 10.7. The zero-order chi connectivity index (χ0) is 71.5. The number of alkyl carbamates (subject to hydrolysis) is 1. The number of carbonyl (C=O) groups is 8. The SMILES string of the molecule is COC(=O)[C@H]1CC(Oc2ccc(C[N+]3(CCc4ccc(NC(=O)c5cc(OC)c(OC)cc5NC(=O)c5cnc6ccccc6c5)cc4)CCc4cc(OC)c(OC)cc4C3)cc2NC(=O)CCNC(=O)OCC2c3ccccc3-c3ccccc32)[C@H](OC(C)=O)[C@@H](OC(C)=O)[C@@H]1OC(C)=O. The number of fused-ring (bicyclic) bond motifs is 5. The van der Waals surface area contributed by atoms with Gasteiger partial charge in [-0.25, -0.2) is 4.79 Å². The highest BCUT2D eigenvalue weighted by atomic mass is 16.6. The van der Waals surface area contributed by atoms with Crippen LogP contribution in [0, 0.1) is 5.92 Å². The number of quaternary nitrogens is 1. The van der Waals surface area contributed by atoms with Gasteiger partial charge in [0.2, 0.25) is 5.91 Å². The summed E-state index contributed by atoms with van der Waals surface area (Å²) in [5.74, 6) is -4.52. The molecule has 1 saturated carbocycles. The Morgan fingerprint density at radius 3 is 1.86 bits per heavy atom. The van der Waals surface area contributed by atoms with Crippen molar-refractivity contribution in [1.29, 1.82) is 0 Å². The highest BCUT2D eigenvalue weighted by Crippen LogP contribution is 2.45. The molecule has 101 heavy (non-hydrogen) atoms. The van der Waals surface area contributed by atoms with Crippen molar-refractivity contribution < 1.29 is 90.2 Å². The Labute approximate surface area is 583 Å². The number of esters is 4. The molecule has 2 aliphatic carbocycles. The van der Waals surface area contributed by atoms with Crippen molar-refractivity contribution in [3.8, 4) is 39.9 Å². The number of nitrogens with one attached hydrogen (secondary N) is 4. The number of hydrogen-bond acceptors (Lipinski definition) is 19. The molecule has 6 atom stereocenters. The van der Waals surface area contributed by atoms with Gasteiger partial charge in [0.25, 0.3) is 11.8 Å². The molecular formula is C77H79N6O18+. The zero-order valence-electron chi connectivity index (χ0n) is 57.2. The smallest absolute Gasteiger partial charge is 0.407 e. The molecule has 11 rings (SSSR count). The molecule has 7 aromatic carbocycles. The van der Waals surface area contributed by atoms with E-state index in [0.29, 0.717) is 66.4 Å². The second-order valence-corrected chi connectivity index (χ2v) is 25.0. The number of carbonyl (C=O) groups excluding carboxylic acids is 8. The maximum atomic E-state index is 14.3. The quantitative estimate of drug-likeness (QED) is 0.0235. The van der Waals surface area contributed by atoms with Crippen LogP contribution >= 0.6 is 0 Å². The van der Waals surface area contributed by atoms with Crippen molar-refractivity contribution in [3.63, 3.8) is 0 Å². The summed E-state index contributed by atoms with van der Waals surface area (Å²) in [6, 6.07) is 44.8. The monoisotopic (exact) mass is 1380 g/mol. The van der Waals surface area contributed by atoms with Crippen molar-refractivity contribution in [2.75, 3.05) is 77.7 Å². The summed E-state index contributed by atoms with van der Waals surface area (Å²) in [4.78, 5) is 112. The molecule has 1 aliphatic heterocycles. The Morgan fingerprint density at radius 2 is 1.19 bits per heavy atom. The average Bonchev–Trinajstić information content (AvgIpc) is 1.17. The largest absolute Gasteiger partial charge is 0.493 e. The third kappa shape index (κ3) is 16.5. The Balaban J connectivity index is 0.863. The van der Waals surface area contributed by atoms with E-state index in [1.807, 2.05) is 103 Å². The topological polar surface area (TPSA) is 290 Å². The minimum atomic E-state index is -1.55. The fraction of sp³-hybridized carbons (Fsp3) is 0.312. The molecule has 2 heterocycles. The number of anilines is 3. The lowest BCUT2D eigenvalue weighted by Gasteiger charge is -2.43. The lowest BCUT2D eigenvalue weighted by Crippen LogP contribution is -2.61. The van der Waals surface area contributed by atoms with Crippen LogP contribution in [0.2, 0.25) is 0 Å². The number of rotatable bonds is 25.